The molecule has 7 nitrogen and oxygen atoms in total. The summed E-state index contributed by atoms with van der Waals surface area (Å²) in [6.07, 6.45) is 0. The summed E-state index contributed by atoms with van der Waals surface area (Å²) in [5.74, 6) is 0.545. The average molecular weight is 1220 g/mol. The lowest BCUT2D eigenvalue weighted by molar-refractivity contribution is 1.16. The van der Waals surface area contributed by atoms with Crippen molar-refractivity contribution in [2.75, 3.05) is 0 Å². The van der Waals surface area contributed by atoms with Crippen LogP contribution >= 0.6 is 0 Å². The van der Waals surface area contributed by atoms with E-state index in [1.165, 1.54) is 81.8 Å². The standard InChI is InChI=1S/C89H55N7/c90-56-57-17-15-19-66(49-57)89-91-79(55-80(92-89)65-18-16-24-70(50-65)96-84-32-14-10-28-74(84)78-54-64(42-48-88(78)96)62-40-46-86-76(52-62)72-26-8-12-30-82(72)94(86)68-22-5-2-6-23-68)60-35-33-58(34-36-60)59-37-43-69(44-38-59)95-83-31-13-9-27-73(83)77-53-63(41-47-87(77)95)61-39-45-85-75(51-61)71-25-7-11-29-81(71)93(85)67-20-3-1-4-21-67/h1-55H. The van der Waals surface area contributed by atoms with Crippen molar-refractivity contribution < 1.29 is 0 Å². The van der Waals surface area contributed by atoms with Gasteiger partial charge in [-0.15, -0.1) is 0 Å². The summed E-state index contributed by atoms with van der Waals surface area (Å²) in [5.41, 5.74) is 25.4. The van der Waals surface area contributed by atoms with E-state index in [0.29, 0.717) is 11.4 Å². The Hall–Kier alpha value is -13.2. The highest BCUT2D eigenvalue weighted by molar-refractivity contribution is 6.15. The molecule has 0 aliphatic heterocycles. The zero-order valence-corrected chi connectivity index (χ0v) is 51.9. The fraction of sp³-hybridized carbons (Fsp3) is 0. The first-order chi connectivity index (χ1) is 47.5. The Morgan fingerprint density at radius 2 is 0.531 bits per heavy atom. The number of hydrogen-bond acceptors (Lipinski definition) is 3. The third-order valence-corrected chi connectivity index (χ3v) is 19.4. The van der Waals surface area contributed by atoms with Crippen molar-refractivity contribution in [2.24, 2.45) is 0 Å². The van der Waals surface area contributed by atoms with Gasteiger partial charge in [0.05, 0.1) is 67.2 Å². The number of nitriles is 1. The molecule has 0 amide bonds. The molecular weight excluding hydrogens is 1170 g/mol. The van der Waals surface area contributed by atoms with E-state index >= 15 is 0 Å². The Morgan fingerprint density at radius 1 is 0.208 bits per heavy atom. The second-order valence-electron chi connectivity index (χ2n) is 24.8. The van der Waals surface area contributed by atoms with Crippen LogP contribution in [0.25, 0.3) is 177 Å². The molecule has 19 rings (SSSR count). The fourth-order valence-electron chi connectivity index (χ4n) is 14.9. The van der Waals surface area contributed by atoms with Gasteiger partial charge in [-0.1, -0.05) is 194 Å². The van der Waals surface area contributed by atoms with Gasteiger partial charge in [0, 0.05) is 82.5 Å². The summed E-state index contributed by atoms with van der Waals surface area (Å²) in [5, 5.41) is 19.7. The Bertz CT molecular complexity index is 6380. The lowest BCUT2D eigenvalue weighted by Gasteiger charge is -2.13. The van der Waals surface area contributed by atoms with Crippen molar-refractivity contribution in [3.05, 3.63) is 339 Å². The van der Waals surface area contributed by atoms with Gasteiger partial charge in [0.25, 0.3) is 0 Å². The van der Waals surface area contributed by atoms with E-state index in [9.17, 15) is 5.26 Å². The topological polar surface area (TPSA) is 69.3 Å². The number of para-hydroxylation sites is 6. The van der Waals surface area contributed by atoms with E-state index in [1.807, 2.05) is 24.3 Å². The largest absolute Gasteiger partial charge is 0.309 e. The van der Waals surface area contributed by atoms with Gasteiger partial charge in [-0.2, -0.15) is 5.26 Å². The van der Waals surface area contributed by atoms with Crippen LogP contribution in [0.4, 0.5) is 0 Å². The van der Waals surface area contributed by atoms with Crippen molar-refractivity contribution >= 4 is 87.2 Å². The SMILES string of the molecule is N#Cc1cccc(-c2nc(-c3ccc(-c4ccc(-n5c6ccccc6c6cc(-c7ccc8c(c7)c7ccccc7n8-c7ccccc7)ccc65)cc4)cc3)cc(-c3cccc(-n4c5ccccc5c5cc(-c6ccc7c(c6)c6ccccc6n7-c6ccccc6)ccc54)c3)n2)c1. The van der Waals surface area contributed by atoms with Gasteiger partial charge in [-0.05, 0) is 173 Å². The van der Waals surface area contributed by atoms with E-state index in [-0.39, 0.29) is 0 Å². The first-order valence-electron chi connectivity index (χ1n) is 32.5. The van der Waals surface area contributed by atoms with Crippen molar-refractivity contribution in [1.82, 2.24) is 28.2 Å². The lowest BCUT2D eigenvalue weighted by atomic mass is 10.0. The van der Waals surface area contributed by atoms with Crippen LogP contribution in [0.5, 0.6) is 0 Å². The van der Waals surface area contributed by atoms with Crippen LogP contribution in [0.3, 0.4) is 0 Å². The smallest absolute Gasteiger partial charge is 0.160 e. The molecule has 14 aromatic carbocycles. The minimum absolute atomic E-state index is 0.545. The quantitative estimate of drug-likeness (QED) is 0.137. The second kappa shape index (κ2) is 22.0. The molecule has 0 aliphatic carbocycles. The van der Waals surface area contributed by atoms with Gasteiger partial charge >= 0.3 is 0 Å². The molecule has 0 N–H and O–H groups in total. The summed E-state index contributed by atoms with van der Waals surface area (Å²) >= 11 is 0. The highest BCUT2D eigenvalue weighted by atomic mass is 15.0. The van der Waals surface area contributed by atoms with E-state index < -0.39 is 0 Å². The maximum atomic E-state index is 10.0. The molecule has 446 valence electrons. The summed E-state index contributed by atoms with van der Waals surface area (Å²) in [6.45, 7) is 0. The summed E-state index contributed by atoms with van der Waals surface area (Å²) < 4.78 is 9.49. The van der Waals surface area contributed by atoms with E-state index in [2.05, 4.69) is 334 Å². The Kier molecular flexibility index (Phi) is 12.5. The Balaban J connectivity index is 0.646. The number of rotatable bonds is 10. The monoisotopic (exact) mass is 1220 g/mol. The van der Waals surface area contributed by atoms with Crippen LogP contribution in [0.2, 0.25) is 0 Å². The predicted molar refractivity (Wildman–Crippen MR) is 397 cm³/mol. The molecule has 0 unspecified atom stereocenters. The number of aromatic nitrogens is 6. The summed E-state index contributed by atoms with van der Waals surface area (Å²) in [6, 6.07) is 122. The first-order valence-corrected chi connectivity index (χ1v) is 32.5. The molecule has 0 aliphatic rings. The highest BCUT2D eigenvalue weighted by Gasteiger charge is 2.21. The Morgan fingerprint density at radius 3 is 0.969 bits per heavy atom. The third kappa shape index (κ3) is 8.89. The summed E-state index contributed by atoms with van der Waals surface area (Å²) in [4.78, 5) is 10.5. The highest BCUT2D eigenvalue weighted by Crippen LogP contribution is 2.42. The number of fused-ring (bicyclic) bond motifs is 12. The lowest BCUT2D eigenvalue weighted by Crippen LogP contribution is -1.98. The number of nitrogens with zero attached hydrogens (tertiary/aromatic N) is 7. The van der Waals surface area contributed by atoms with Crippen LogP contribution in [-0.2, 0) is 0 Å². The molecule has 0 saturated heterocycles. The zero-order valence-electron chi connectivity index (χ0n) is 51.9. The molecule has 0 spiro atoms. The van der Waals surface area contributed by atoms with Crippen molar-refractivity contribution in [3.63, 3.8) is 0 Å². The molecule has 7 heteroatoms. The average Bonchev–Trinajstić information content (AvgIpc) is 1.60. The van der Waals surface area contributed by atoms with E-state index in [1.54, 1.807) is 0 Å². The molecule has 0 saturated carbocycles. The molecule has 0 radical (unpaired) electrons. The molecule has 0 bridgehead atoms. The van der Waals surface area contributed by atoms with Crippen molar-refractivity contribution in [3.8, 4) is 96.1 Å². The zero-order chi connectivity index (χ0) is 63.4. The summed E-state index contributed by atoms with van der Waals surface area (Å²) in [7, 11) is 0. The van der Waals surface area contributed by atoms with Gasteiger partial charge in [-0.25, -0.2) is 9.97 Å². The normalized spacial score (nSPS) is 11.7. The molecule has 5 heterocycles. The van der Waals surface area contributed by atoms with Crippen LogP contribution in [0.15, 0.2) is 334 Å². The molecule has 0 fully saturated rings. The van der Waals surface area contributed by atoms with Gasteiger partial charge in [-0.3, -0.25) is 0 Å². The molecule has 19 aromatic rings. The van der Waals surface area contributed by atoms with Crippen LogP contribution < -0.4 is 0 Å². The Labute approximate surface area is 552 Å². The second-order valence-corrected chi connectivity index (χ2v) is 24.8. The van der Waals surface area contributed by atoms with E-state index in [4.69, 9.17) is 9.97 Å². The predicted octanol–water partition coefficient (Wildman–Crippen LogP) is 22.7. The molecule has 0 atom stereocenters. The van der Waals surface area contributed by atoms with Crippen molar-refractivity contribution in [2.45, 2.75) is 0 Å². The van der Waals surface area contributed by atoms with Crippen molar-refractivity contribution in [1.29, 1.82) is 5.26 Å². The molecule has 96 heavy (non-hydrogen) atoms. The minimum atomic E-state index is 0.545. The van der Waals surface area contributed by atoms with Gasteiger partial charge in [0.15, 0.2) is 5.82 Å². The number of benzene rings is 14. The maximum absolute atomic E-state index is 10.0. The van der Waals surface area contributed by atoms with Gasteiger partial charge in [0.1, 0.15) is 0 Å². The third-order valence-electron chi connectivity index (χ3n) is 19.4. The van der Waals surface area contributed by atoms with Crippen LogP contribution in [-0.4, -0.2) is 28.2 Å². The maximum Gasteiger partial charge on any atom is 0.160 e. The van der Waals surface area contributed by atoms with Gasteiger partial charge in [0.2, 0.25) is 0 Å². The van der Waals surface area contributed by atoms with E-state index in [0.717, 1.165) is 89.6 Å². The fourth-order valence-corrected chi connectivity index (χ4v) is 14.9. The van der Waals surface area contributed by atoms with Crippen LogP contribution in [0, 0.1) is 11.3 Å². The molecule has 5 aromatic heterocycles. The number of hydrogen-bond donors (Lipinski definition) is 0. The van der Waals surface area contributed by atoms with Crippen LogP contribution in [0.1, 0.15) is 5.56 Å². The molecular formula is C89H55N7. The minimum Gasteiger partial charge on any atom is -0.309 e. The van der Waals surface area contributed by atoms with Gasteiger partial charge < -0.3 is 18.3 Å². The first kappa shape index (κ1) is 54.6.